The van der Waals surface area contributed by atoms with Crippen LogP contribution in [0.4, 0.5) is 10.3 Å². The molecule has 2 aromatic heterocycles. The van der Waals surface area contributed by atoms with Gasteiger partial charge in [-0.1, -0.05) is 12.1 Å². The minimum absolute atomic E-state index is 0.0147. The van der Waals surface area contributed by atoms with Gasteiger partial charge >= 0.3 is 0 Å². The number of rotatable bonds is 5. The van der Waals surface area contributed by atoms with Crippen molar-refractivity contribution in [2.24, 2.45) is 11.8 Å². The second-order valence-corrected chi connectivity index (χ2v) is 7.95. The maximum absolute atomic E-state index is 13.0. The van der Waals surface area contributed by atoms with Crippen molar-refractivity contribution in [3.05, 3.63) is 30.0 Å². The summed E-state index contributed by atoms with van der Waals surface area (Å²) in [7, 11) is 0. The topological polar surface area (TPSA) is 88.4 Å². The summed E-state index contributed by atoms with van der Waals surface area (Å²) in [5.74, 6) is -0.194. The van der Waals surface area contributed by atoms with Gasteiger partial charge in [0.05, 0.1) is 11.6 Å². The molecular formula is C20H22FN5O2. The van der Waals surface area contributed by atoms with Gasteiger partial charge in [-0.15, -0.1) is 5.10 Å². The van der Waals surface area contributed by atoms with E-state index in [1.54, 1.807) is 4.52 Å². The lowest BCUT2D eigenvalue weighted by Crippen LogP contribution is -2.37. The van der Waals surface area contributed by atoms with Crippen molar-refractivity contribution in [3.63, 3.8) is 0 Å². The Morgan fingerprint density at radius 1 is 1.18 bits per heavy atom. The molecule has 2 fully saturated rings. The first-order valence-corrected chi connectivity index (χ1v) is 9.89. The summed E-state index contributed by atoms with van der Waals surface area (Å²) in [4.78, 5) is 28.3. The third-order valence-corrected chi connectivity index (χ3v) is 5.68. The Morgan fingerprint density at radius 2 is 2.00 bits per heavy atom. The van der Waals surface area contributed by atoms with Crippen LogP contribution in [0.5, 0.6) is 0 Å². The quantitative estimate of drug-likeness (QED) is 0.830. The molecule has 2 saturated carbocycles. The van der Waals surface area contributed by atoms with Gasteiger partial charge in [0, 0.05) is 12.0 Å². The fourth-order valence-electron chi connectivity index (χ4n) is 3.70. The monoisotopic (exact) mass is 383 g/mol. The average Bonchev–Trinajstić information content (AvgIpc) is 3.60. The number of halogens is 1. The SMILES string of the molecule is O=C(Nc1nc2cccc(C3=CC[C@@H](NC(=O)C4CC4F)CC3)n2n1)C1CC1. The zero-order valence-electron chi connectivity index (χ0n) is 15.4. The molecule has 0 aliphatic heterocycles. The van der Waals surface area contributed by atoms with E-state index < -0.39 is 12.1 Å². The fourth-order valence-corrected chi connectivity index (χ4v) is 3.70. The van der Waals surface area contributed by atoms with Crippen LogP contribution in [0.1, 0.15) is 44.2 Å². The molecule has 0 saturated heterocycles. The first kappa shape index (κ1) is 17.3. The van der Waals surface area contributed by atoms with Crippen molar-refractivity contribution in [2.75, 3.05) is 5.32 Å². The summed E-state index contributed by atoms with van der Waals surface area (Å²) in [5.41, 5.74) is 2.76. The highest BCUT2D eigenvalue weighted by Gasteiger charge is 2.44. The van der Waals surface area contributed by atoms with Gasteiger partial charge in [-0.05, 0) is 56.2 Å². The molecule has 8 heteroatoms. The van der Waals surface area contributed by atoms with E-state index >= 15 is 0 Å². The van der Waals surface area contributed by atoms with Crippen LogP contribution in [-0.4, -0.2) is 38.6 Å². The largest absolute Gasteiger partial charge is 0.353 e. The number of nitrogens with zero attached hydrogens (tertiary/aromatic N) is 3. The number of carbonyl (C=O) groups excluding carboxylic acids is 2. The van der Waals surface area contributed by atoms with Gasteiger partial charge in [0.2, 0.25) is 17.8 Å². The van der Waals surface area contributed by atoms with Crippen LogP contribution in [0.2, 0.25) is 0 Å². The lowest BCUT2D eigenvalue weighted by molar-refractivity contribution is -0.123. The highest BCUT2D eigenvalue weighted by molar-refractivity contribution is 5.92. The van der Waals surface area contributed by atoms with Gasteiger partial charge in [0.15, 0.2) is 5.65 Å². The maximum atomic E-state index is 13.0. The smallest absolute Gasteiger partial charge is 0.249 e. The molecule has 2 heterocycles. The molecule has 3 aliphatic rings. The molecule has 0 aromatic carbocycles. The van der Waals surface area contributed by atoms with E-state index in [0.29, 0.717) is 24.4 Å². The molecule has 28 heavy (non-hydrogen) atoms. The number of aromatic nitrogens is 3. The van der Waals surface area contributed by atoms with E-state index in [1.165, 1.54) is 0 Å². The number of allylic oxidation sites excluding steroid dienone is 1. The van der Waals surface area contributed by atoms with Gasteiger partial charge in [-0.25, -0.2) is 8.91 Å². The predicted octanol–water partition coefficient (Wildman–Crippen LogP) is 2.49. The number of nitrogens with one attached hydrogen (secondary N) is 2. The Balaban J connectivity index is 1.30. The molecule has 146 valence electrons. The summed E-state index contributed by atoms with van der Waals surface area (Å²) in [5, 5.41) is 10.2. The first-order valence-electron chi connectivity index (χ1n) is 9.89. The summed E-state index contributed by atoms with van der Waals surface area (Å²) in [6.07, 6.45) is 5.66. The van der Waals surface area contributed by atoms with Gasteiger partial charge in [-0.2, -0.15) is 4.98 Å². The van der Waals surface area contributed by atoms with Crippen LogP contribution < -0.4 is 10.6 Å². The van der Waals surface area contributed by atoms with Gasteiger partial charge < -0.3 is 5.32 Å². The van der Waals surface area contributed by atoms with E-state index in [9.17, 15) is 14.0 Å². The van der Waals surface area contributed by atoms with Gasteiger partial charge in [0.25, 0.3) is 0 Å². The predicted molar refractivity (Wildman–Crippen MR) is 101 cm³/mol. The van der Waals surface area contributed by atoms with E-state index in [1.807, 2.05) is 18.2 Å². The van der Waals surface area contributed by atoms with Crippen LogP contribution in [0.3, 0.4) is 0 Å². The van der Waals surface area contributed by atoms with Gasteiger partial charge in [0.1, 0.15) is 6.17 Å². The highest BCUT2D eigenvalue weighted by atomic mass is 19.1. The molecular weight excluding hydrogens is 361 g/mol. The van der Waals surface area contributed by atoms with Crippen molar-refractivity contribution in [1.29, 1.82) is 0 Å². The number of alkyl halides is 1. The van der Waals surface area contributed by atoms with Crippen LogP contribution in [0, 0.1) is 11.8 Å². The normalized spacial score (nSPS) is 26.6. The van der Waals surface area contributed by atoms with Gasteiger partial charge in [-0.3, -0.25) is 14.9 Å². The molecule has 0 radical (unpaired) electrons. The molecule has 2 amide bonds. The van der Waals surface area contributed by atoms with Crippen LogP contribution >= 0.6 is 0 Å². The summed E-state index contributed by atoms with van der Waals surface area (Å²) in [6, 6.07) is 5.82. The molecule has 7 nitrogen and oxygen atoms in total. The minimum Gasteiger partial charge on any atom is -0.353 e. The van der Waals surface area contributed by atoms with Crippen LogP contribution in [0.15, 0.2) is 24.3 Å². The Morgan fingerprint density at radius 3 is 2.68 bits per heavy atom. The average molecular weight is 383 g/mol. The molecule has 2 unspecified atom stereocenters. The highest BCUT2D eigenvalue weighted by Crippen LogP contribution is 2.35. The second-order valence-electron chi connectivity index (χ2n) is 7.95. The van der Waals surface area contributed by atoms with E-state index in [2.05, 4.69) is 26.8 Å². The van der Waals surface area contributed by atoms with Crippen LogP contribution in [0.25, 0.3) is 11.2 Å². The Kier molecular flexibility index (Phi) is 4.14. The van der Waals surface area contributed by atoms with E-state index in [-0.39, 0.29) is 23.8 Å². The zero-order chi connectivity index (χ0) is 19.3. The molecule has 3 aliphatic carbocycles. The fraction of sp³-hybridized carbons (Fsp3) is 0.500. The van der Waals surface area contributed by atoms with E-state index in [4.69, 9.17) is 0 Å². The van der Waals surface area contributed by atoms with E-state index in [0.717, 1.165) is 37.0 Å². The number of hydrogen-bond acceptors (Lipinski definition) is 4. The number of hydrogen-bond donors (Lipinski definition) is 2. The molecule has 2 aromatic rings. The minimum atomic E-state index is -0.964. The maximum Gasteiger partial charge on any atom is 0.249 e. The lowest BCUT2D eigenvalue weighted by atomic mass is 9.93. The summed E-state index contributed by atoms with van der Waals surface area (Å²) in [6.45, 7) is 0. The first-order chi connectivity index (χ1) is 13.6. The van der Waals surface area contributed by atoms with Crippen molar-refractivity contribution >= 4 is 29.0 Å². The Bertz CT molecular complexity index is 980. The summed E-state index contributed by atoms with van der Waals surface area (Å²) >= 11 is 0. The second kappa shape index (κ2) is 6.68. The van der Waals surface area contributed by atoms with Crippen LogP contribution in [-0.2, 0) is 9.59 Å². The number of fused-ring (bicyclic) bond motifs is 1. The standard InChI is InChI=1S/C20H22FN5O2/c21-15-10-14(15)19(28)22-13-8-6-11(7-9-13)16-2-1-3-17-23-20(25-26(16)17)24-18(27)12-4-5-12/h1-3,6,12-15H,4-5,7-10H2,(H,22,28)(H,24,25,27)/t13-,14?,15?/m1/s1. The van der Waals surface area contributed by atoms with Crippen molar-refractivity contribution < 1.29 is 14.0 Å². The number of carbonyl (C=O) groups is 2. The number of anilines is 1. The molecule has 2 N–H and O–H groups in total. The van der Waals surface area contributed by atoms with Crippen molar-refractivity contribution in [3.8, 4) is 0 Å². The Labute approximate surface area is 161 Å². The molecule has 0 spiro atoms. The molecule has 0 bridgehead atoms. The number of amides is 2. The molecule has 3 atom stereocenters. The third kappa shape index (κ3) is 3.39. The zero-order valence-corrected chi connectivity index (χ0v) is 15.4. The molecule has 5 rings (SSSR count). The number of pyridine rings is 1. The third-order valence-electron chi connectivity index (χ3n) is 5.68. The summed E-state index contributed by atoms with van der Waals surface area (Å²) < 4.78 is 14.8. The van der Waals surface area contributed by atoms with Crippen molar-refractivity contribution in [1.82, 2.24) is 19.9 Å². The Hall–Kier alpha value is -2.77. The lowest BCUT2D eigenvalue weighted by Gasteiger charge is -2.23. The van der Waals surface area contributed by atoms with Crippen molar-refractivity contribution in [2.45, 2.75) is 50.7 Å².